The summed E-state index contributed by atoms with van der Waals surface area (Å²) >= 11 is 0. The van der Waals surface area contributed by atoms with Crippen LogP contribution in [0.25, 0.3) is 5.52 Å². The Bertz CT molecular complexity index is 1200. The average molecular weight is 445 g/mol. The molecule has 2 N–H and O–H groups in total. The molecule has 9 nitrogen and oxygen atoms in total. The minimum Gasteiger partial charge on any atom is -0.374 e. The summed E-state index contributed by atoms with van der Waals surface area (Å²) in [4.78, 5) is 20.0. The van der Waals surface area contributed by atoms with E-state index in [9.17, 15) is 31.5 Å². The number of fused-ring (bicyclic) bond motifs is 1. The number of amides is 1. The van der Waals surface area contributed by atoms with E-state index in [1.165, 1.54) is 29.9 Å². The number of pyridine rings is 1. The number of hydrogen-bond acceptors (Lipinski definition) is 6. The third kappa shape index (κ3) is 3.77. The number of hydrogen-bond donors (Lipinski definition) is 2. The van der Waals surface area contributed by atoms with Gasteiger partial charge in [0.1, 0.15) is 5.82 Å². The molecule has 0 aliphatic carbocycles. The summed E-state index contributed by atoms with van der Waals surface area (Å²) in [6.07, 6.45) is -1.24. The smallest absolute Gasteiger partial charge is 0.374 e. The van der Waals surface area contributed by atoms with Gasteiger partial charge in [-0.2, -0.15) is 13.2 Å². The number of aliphatic hydroxyl groups is 1. The number of sulfone groups is 1. The lowest BCUT2D eigenvalue weighted by atomic mass is 9.97. The van der Waals surface area contributed by atoms with E-state index in [0.717, 1.165) is 17.0 Å². The fraction of sp³-hybridized carbons (Fsp3) is 0.353. The molecular formula is C17H18F3N5O4S. The molecule has 1 unspecified atom stereocenters. The monoisotopic (exact) mass is 445 g/mol. The molecule has 162 valence electrons. The zero-order valence-electron chi connectivity index (χ0n) is 15.9. The molecule has 30 heavy (non-hydrogen) atoms. The number of aryl methyl sites for hydroxylation is 1. The van der Waals surface area contributed by atoms with Crippen molar-refractivity contribution in [2.75, 3.05) is 12.8 Å². The van der Waals surface area contributed by atoms with Gasteiger partial charge in [-0.15, -0.1) is 0 Å². The molecule has 1 atom stereocenters. The van der Waals surface area contributed by atoms with Crippen molar-refractivity contribution in [2.45, 2.75) is 23.4 Å². The first-order valence-electron chi connectivity index (χ1n) is 8.58. The van der Waals surface area contributed by atoms with E-state index in [4.69, 9.17) is 0 Å². The van der Waals surface area contributed by atoms with Gasteiger partial charge >= 0.3 is 6.18 Å². The fourth-order valence-corrected chi connectivity index (χ4v) is 3.80. The van der Waals surface area contributed by atoms with Crippen LogP contribution in [0, 0.1) is 0 Å². The standard InChI is InChI=1S/C17H18F3N5O4S/c1-24-10-8-22-14(24)16(27,17(18,19)20)6-7-21-13(26)12-11-5-3-4-9-25(11)15(23-12)30(2,28)29/h3-5,8-10,27H,6-7H2,1-2H3,(H,21,26). The van der Waals surface area contributed by atoms with Gasteiger partial charge in [-0.25, -0.2) is 18.4 Å². The molecule has 0 saturated heterocycles. The predicted molar refractivity (Wildman–Crippen MR) is 98.4 cm³/mol. The van der Waals surface area contributed by atoms with E-state index < -0.39 is 46.3 Å². The second kappa shape index (κ2) is 7.40. The minimum atomic E-state index is -5.04. The number of carbonyl (C=O) groups excluding carboxylic acids is 1. The molecule has 3 heterocycles. The topological polar surface area (TPSA) is 119 Å². The second-order valence-electron chi connectivity index (χ2n) is 6.70. The summed E-state index contributed by atoms with van der Waals surface area (Å²) in [6, 6.07) is 4.56. The SMILES string of the molecule is Cn1ccnc1C(O)(CCNC(=O)c1nc(S(C)(=O)=O)n2ccccc12)C(F)(F)F. The van der Waals surface area contributed by atoms with Crippen LogP contribution in [-0.4, -0.2) is 57.3 Å². The minimum absolute atomic E-state index is 0.172. The van der Waals surface area contributed by atoms with Crippen LogP contribution in [-0.2, 0) is 22.5 Å². The van der Waals surface area contributed by atoms with Crippen LogP contribution in [0.3, 0.4) is 0 Å². The molecule has 0 bridgehead atoms. The average Bonchev–Trinajstić information content (AvgIpc) is 3.24. The van der Waals surface area contributed by atoms with Crippen LogP contribution in [0.1, 0.15) is 22.7 Å². The molecule has 0 aliphatic rings. The highest BCUT2D eigenvalue weighted by Gasteiger charge is 2.57. The van der Waals surface area contributed by atoms with Crippen molar-refractivity contribution in [3.63, 3.8) is 0 Å². The lowest BCUT2D eigenvalue weighted by molar-refractivity contribution is -0.272. The van der Waals surface area contributed by atoms with E-state index in [1.54, 1.807) is 12.1 Å². The van der Waals surface area contributed by atoms with Crippen LogP contribution >= 0.6 is 0 Å². The molecule has 0 aliphatic heterocycles. The van der Waals surface area contributed by atoms with E-state index in [-0.39, 0.29) is 16.4 Å². The van der Waals surface area contributed by atoms with E-state index in [0.29, 0.717) is 0 Å². The molecule has 3 aromatic rings. The fourth-order valence-electron chi connectivity index (χ4n) is 3.02. The Hall–Kier alpha value is -2.93. The van der Waals surface area contributed by atoms with E-state index in [1.807, 2.05) is 0 Å². The first kappa shape index (κ1) is 21.8. The number of imidazole rings is 2. The van der Waals surface area contributed by atoms with Gasteiger partial charge in [0.05, 0.1) is 5.52 Å². The predicted octanol–water partition coefficient (Wildman–Crippen LogP) is 1.04. The van der Waals surface area contributed by atoms with Crippen LogP contribution in [0.2, 0.25) is 0 Å². The van der Waals surface area contributed by atoms with Crippen molar-refractivity contribution in [1.29, 1.82) is 0 Å². The maximum atomic E-state index is 13.5. The summed E-state index contributed by atoms with van der Waals surface area (Å²) in [5.41, 5.74) is -3.37. The van der Waals surface area contributed by atoms with E-state index >= 15 is 0 Å². The Morgan fingerprint density at radius 1 is 1.27 bits per heavy atom. The molecule has 0 aromatic carbocycles. The number of halogens is 3. The summed E-state index contributed by atoms with van der Waals surface area (Å²) in [5.74, 6) is -1.49. The number of nitrogens with zero attached hydrogens (tertiary/aromatic N) is 4. The summed E-state index contributed by atoms with van der Waals surface area (Å²) < 4.78 is 66.7. The largest absolute Gasteiger partial charge is 0.424 e. The normalized spacial score (nSPS) is 14.6. The van der Waals surface area contributed by atoms with Gasteiger partial charge in [-0.05, 0) is 12.1 Å². The number of alkyl halides is 3. The number of carbonyl (C=O) groups is 1. The molecule has 1 amide bonds. The van der Waals surface area contributed by atoms with Crippen molar-refractivity contribution < 1.29 is 31.5 Å². The molecule has 3 rings (SSSR count). The molecule has 3 aromatic heterocycles. The third-order valence-electron chi connectivity index (χ3n) is 4.50. The molecule has 0 spiro atoms. The molecule has 0 saturated carbocycles. The Kier molecular flexibility index (Phi) is 5.37. The van der Waals surface area contributed by atoms with Crippen molar-refractivity contribution in [3.05, 3.63) is 48.3 Å². The van der Waals surface area contributed by atoms with E-state index in [2.05, 4.69) is 15.3 Å². The summed E-state index contributed by atoms with van der Waals surface area (Å²) in [5, 5.41) is 12.2. The Morgan fingerprint density at radius 2 is 1.97 bits per heavy atom. The highest BCUT2D eigenvalue weighted by molar-refractivity contribution is 7.90. The number of rotatable bonds is 6. The Morgan fingerprint density at radius 3 is 2.53 bits per heavy atom. The molecular weight excluding hydrogens is 427 g/mol. The highest BCUT2D eigenvalue weighted by atomic mass is 32.2. The first-order valence-corrected chi connectivity index (χ1v) is 10.5. The Labute approximate surface area is 169 Å². The zero-order chi connectivity index (χ0) is 22.3. The van der Waals surface area contributed by atoms with Gasteiger partial charge in [-0.3, -0.25) is 9.20 Å². The van der Waals surface area contributed by atoms with Gasteiger partial charge in [0.2, 0.25) is 20.6 Å². The highest BCUT2D eigenvalue weighted by Crippen LogP contribution is 2.40. The molecule has 0 fully saturated rings. The molecule has 13 heteroatoms. The van der Waals surface area contributed by atoms with Gasteiger partial charge in [0.15, 0.2) is 5.69 Å². The summed E-state index contributed by atoms with van der Waals surface area (Å²) in [6.45, 7) is -0.568. The summed E-state index contributed by atoms with van der Waals surface area (Å²) in [7, 11) is -2.46. The lowest BCUT2D eigenvalue weighted by Gasteiger charge is -2.29. The molecule has 0 radical (unpaired) electrons. The van der Waals surface area contributed by atoms with Crippen molar-refractivity contribution >= 4 is 21.3 Å². The van der Waals surface area contributed by atoms with Crippen molar-refractivity contribution in [3.8, 4) is 0 Å². The maximum absolute atomic E-state index is 13.5. The number of aromatic nitrogens is 4. The quantitative estimate of drug-likeness (QED) is 0.585. The first-order chi connectivity index (χ1) is 13.9. The Balaban J connectivity index is 1.85. The maximum Gasteiger partial charge on any atom is 0.424 e. The second-order valence-corrected chi connectivity index (χ2v) is 8.61. The van der Waals surface area contributed by atoms with Crippen molar-refractivity contribution in [2.24, 2.45) is 7.05 Å². The lowest BCUT2D eigenvalue weighted by Crippen LogP contribution is -2.46. The van der Waals surface area contributed by atoms with Gasteiger partial charge in [0.25, 0.3) is 5.91 Å². The number of nitrogens with one attached hydrogen (secondary N) is 1. The van der Waals surface area contributed by atoms with Gasteiger partial charge in [0, 0.05) is 44.9 Å². The van der Waals surface area contributed by atoms with Crippen LogP contribution in [0.4, 0.5) is 13.2 Å². The third-order valence-corrected chi connectivity index (χ3v) is 5.45. The van der Waals surface area contributed by atoms with Gasteiger partial charge in [-0.1, -0.05) is 6.07 Å². The van der Waals surface area contributed by atoms with Gasteiger partial charge < -0.3 is 15.0 Å². The van der Waals surface area contributed by atoms with Crippen LogP contribution in [0.15, 0.2) is 41.9 Å². The van der Waals surface area contributed by atoms with Crippen molar-refractivity contribution in [1.82, 2.24) is 24.3 Å². The van der Waals surface area contributed by atoms with Crippen LogP contribution < -0.4 is 5.32 Å². The van der Waals surface area contributed by atoms with Crippen LogP contribution in [0.5, 0.6) is 0 Å². The zero-order valence-corrected chi connectivity index (χ0v) is 16.7.